The van der Waals surface area contributed by atoms with Gasteiger partial charge >= 0.3 is 0 Å². The van der Waals surface area contributed by atoms with Crippen molar-refractivity contribution >= 4 is 45.2 Å². The molecule has 0 spiro atoms. The molecule has 2 aromatic rings. The van der Waals surface area contributed by atoms with Gasteiger partial charge in [0.15, 0.2) is 0 Å². The standard InChI is InChI=1S/C16H16I2O/c1-11-7-8-12(2)15(9-11)19-10-13-5-3-4-6-14(13)16(17)18/h3-9,16H,10H2,1-2H3. The van der Waals surface area contributed by atoms with Crippen LogP contribution in [0.2, 0.25) is 0 Å². The molecule has 0 unspecified atom stereocenters. The van der Waals surface area contributed by atoms with Crippen molar-refractivity contribution < 1.29 is 4.74 Å². The van der Waals surface area contributed by atoms with Gasteiger partial charge in [0, 0.05) is 0 Å². The van der Waals surface area contributed by atoms with Crippen molar-refractivity contribution in [2.45, 2.75) is 22.4 Å². The van der Waals surface area contributed by atoms with Crippen LogP contribution in [0.25, 0.3) is 0 Å². The fourth-order valence-corrected chi connectivity index (χ4v) is 3.11. The van der Waals surface area contributed by atoms with Gasteiger partial charge in [-0.3, -0.25) is 0 Å². The van der Waals surface area contributed by atoms with Crippen molar-refractivity contribution in [2.75, 3.05) is 0 Å². The predicted molar refractivity (Wildman–Crippen MR) is 97.5 cm³/mol. The second-order valence-electron chi connectivity index (χ2n) is 4.56. The van der Waals surface area contributed by atoms with E-state index >= 15 is 0 Å². The predicted octanol–water partition coefficient (Wildman–Crippen LogP) is 5.75. The normalized spacial score (nSPS) is 10.8. The first kappa shape index (κ1) is 15.1. The minimum absolute atomic E-state index is 0.466. The summed E-state index contributed by atoms with van der Waals surface area (Å²) in [4.78, 5) is 0. The van der Waals surface area contributed by atoms with Crippen LogP contribution in [0.4, 0.5) is 0 Å². The average molecular weight is 478 g/mol. The number of hydrogen-bond donors (Lipinski definition) is 0. The molecule has 0 aliphatic heterocycles. The largest absolute Gasteiger partial charge is 0.489 e. The first-order valence-corrected chi connectivity index (χ1v) is 8.63. The first-order valence-electron chi connectivity index (χ1n) is 6.14. The van der Waals surface area contributed by atoms with Crippen LogP contribution in [0.1, 0.15) is 24.2 Å². The third-order valence-electron chi connectivity index (χ3n) is 3.02. The van der Waals surface area contributed by atoms with Crippen LogP contribution in [0, 0.1) is 13.8 Å². The molecular formula is C16H16I2O. The summed E-state index contributed by atoms with van der Waals surface area (Å²) in [6.07, 6.45) is 0. The van der Waals surface area contributed by atoms with E-state index in [9.17, 15) is 0 Å². The molecular weight excluding hydrogens is 462 g/mol. The molecule has 0 saturated heterocycles. The minimum Gasteiger partial charge on any atom is -0.489 e. The fourth-order valence-electron chi connectivity index (χ4n) is 1.90. The second kappa shape index (κ2) is 6.92. The monoisotopic (exact) mass is 478 g/mol. The lowest BCUT2D eigenvalue weighted by molar-refractivity contribution is 0.303. The minimum atomic E-state index is 0.466. The second-order valence-corrected chi connectivity index (χ2v) is 9.43. The molecule has 100 valence electrons. The zero-order valence-electron chi connectivity index (χ0n) is 11.0. The van der Waals surface area contributed by atoms with Gasteiger partial charge in [-0.25, -0.2) is 0 Å². The van der Waals surface area contributed by atoms with Gasteiger partial charge in [0.05, 0.1) is 1.93 Å². The highest BCUT2D eigenvalue weighted by Crippen LogP contribution is 2.33. The SMILES string of the molecule is Cc1ccc(C)c(OCc2ccccc2C(I)I)c1. The van der Waals surface area contributed by atoms with Crippen molar-refractivity contribution in [1.82, 2.24) is 0 Å². The summed E-state index contributed by atoms with van der Waals surface area (Å²) in [6, 6.07) is 14.8. The van der Waals surface area contributed by atoms with Crippen molar-refractivity contribution in [3.05, 3.63) is 64.7 Å². The molecule has 0 amide bonds. The van der Waals surface area contributed by atoms with Gasteiger partial charge in [-0.1, -0.05) is 81.6 Å². The number of benzene rings is 2. The van der Waals surface area contributed by atoms with Crippen molar-refractivity contribution in [1.29, 1.82) is 0 Å². The van der Waals surface area contributed by atoms with Gasteiger partial charge in [-0.05, 0) is 42.2 Å². The quantitative estimate of drug-likeness (QED) is 0.402. The Balaban J connectivity index is 2.17. The van der Waals surface area contributed by atoms with E-state index in [1.165, 1.54) is 22.3 Å². The highest BCUT2D eigenvalue weighted by atomic mass is 127. The van der Waals surface area contributed by atoms with Gasteiger partial charge in [-0.15, -0.1) is 0 Å². The number of ether oxygens (including phenoxy) is 1. The fraction of sp³-hybridized carbons (Fsp3) is 0.250. The van der Waals surface area contributed by atoms with E-state index in [-0.39, 0.29) is 0 Å². The maximum absolute atomic E-state index is 5.99. The number of aryl methyl sites for hydroxylation is 2. The molecule has 0 aliphatic rings. The maximum Gasteiger partial charge on any atom is 0.122 e. The van der Waals surface area contributed by atoms with E-state index in [0.29, 0.717) is 8.54 Å². The Morgan fingerprint density at radius 1 is 1.05 bits per heavy atom. The molecule has 0 heterocycles. The molecule has 0 saturated carbocycles. The molecule has 0 atom stereocenters. The summed E-state index contributed by atoms with van der Waals surface area (Å²) in [5, 5.41) is 0. The van der Waals surface area contributed by atoms with Crippen LogP contribution < -0.4 is 4.74 Å². The van der Waals surface area contributed by atoms with Crippen molar-refractivity contribution in [2.24, 2.45) is 0 Å². The summed E-state index contributed by atoms with van der Waals surface area (Å²) in [5.74, 6) is 0.980. The molecule has 0 bridgehead atoms. The Morgan fingerprint density at radius 3 is 2.53 bits per heavy atom. The molecule has 19 heavy (non-hydrogen) atoms. The Kier molecular flexibility index (Phi) is 5.50. The van der Waals surface area contributed by atoms with Crippen LogP contribution in [0.15, 0.2) is 42.5 Å². The topological polar surface area (TPSA) is 9.23 Å². The van der Waals surface area contributed by atoms with Crippen LogP contribution in [0.5, 0.6) is 5.75 Å². The van der Waals surface area contributed by atoms with E-state index in [4.69, 9.17) is 4.74 Å². The number of rotatable bonds is 4. The highest BCUT2D eigenvalue weighted by Gasteiger charge is 2.09. The Labute approximate surface area is 142 Å². The molecule has 0 aromatic heterocycles. The smallest absolute Gasteiger partial charge is 0.122 e. The van der Waals surface area contributed by atoms with Gasteiger partial charge in [0.2, 0.25) is 0 Å². The van der Waals surface area contributed by atoms with Gasteiger partial charge in [0.1, 0.15) is 12.4 Å². The third kappa shape index (κ3) is 4.08. The summed E-state index contributed by atoms with van der Waals surface area (Å²) in [6.45, 7) is 4.80. The summed E-state index contributed by atoms with van der Waals surface area (Å²) >= 11 is 4.86. The van der Waals surface area contributed by atoms with Gasteiger partial charge in [0.25, 0.3) is 0 Å². The van der Waals surface area contributed by atoms with Gasteiger partial charge in [-0.2, -0.15) is 0 Å². The van der Waals surface area contributed by atoms with Crippen LogP contribution in [-0.4, -0.2) is 0 Å². The molecule has 1 nitrogen and oxygen atoms in total. The highest BCUT2D eigenvalue weighted by molar-refractivity contribution is 14.2. The maximum atomic E-state index is 5.99. The zero-order valence-corrected chi connectivity index (χ0v) is 15.3. The lowest BCUT2D eigenvalue weighted by atomic mass is 10.1. The Hall–Kier alpha value is -0.300. The Morgan fingerprint density at radius 2 is 1.79 bits per heavy atom. The summed E-state index contributed by atoms with van der Waals surface area (Å²) < 4.78 is 6.45. The lowest BCUT2D eigenvalue weighted by Crippen LogP contribution is -2.01. The van der Waals surface area contributed by atoms with E-state index in [0.717, 1.165) is 5.75 Å². The van der Waals surface area contributed by atoms with Crippen molar-refractivity contribution in [3.8, 4) is 5.75 Å². The number of halogens is 2. The van der Waals surface area contributed by atoms with E-state index in [1.807, 2.05) is 0 Å². The third-order valence-corrected chi connectivity index (χ3v) is 4.36. The first-order chi connectivity index (χ1) is 9.08. The zero-order chi connectivity index (χ0) is 13.8. The van der Waals surface area contributed by atoms with E-state index in [1.54, 1.807) is 0 Å². The number of alkyl halides is 2. The lowest BCUT2D eigenvalue weighted by Gasteiger charge is -2.13. The summed E-state index contributed by atoms with van der Waals surface area (Å²) in [7, 11) is 0. The van der Waals surface area contributed by atoms with Crippen LogP contribution in [0.3, 0.4) is 0 Å². The van der Waals surface area contributed by atoms with Crippen molar-refractivity contribution in [3.63, 3.8) is 0 Å². The Bertz CT molecular complexity index is 564. The molecule has 0 N–H and O–H groups in total. The molecule has 0 fully saturated rings. The number of hydrogen-bond acceptors (Lipinski definition) is 1. The van der Waals surface area contributed by atoms with Gasteiger partial charge < -0.3 is 4.74 Å². The molecule has 0 aliphatic carbocycles. The molecule has 2 rings (SSSR count). The van der Waals surface area contributed by atoms with Crippen LogP contribution in [-0.2, 0) is 6.61 Å². The van der Waals surface area contributed by atoms with E-state index in [2.05, 4.69) is 101 Å². The molecule has 3 heteroatoms. The average Bonchev–Trinajstić information content (AvgIpc) is 2.40. The molecule has 2 aromatic carbocycles. The summed E-state index contributed by atoms with van der Waals surface area (Å²) in [5.41, 5.74) is 5.02. The van der Waals surface area contributed by atoms with Crippen LogP contribution >= 0.6 is 45.2 Å². The molecule has 0 radical (unpaired) electrons. The van der Waals surface area contributed by atoms with E-state index < -0.39 is 0 Å².